The quantitative estimate of drug-likeness (QED) is 0.692. The maximum Gasteiger partial charge on any atom is 0.231 e. The van der Waals surface area contributed by atoms with Crippen LogP contribution >= 0.6 is 12.4 Å². The molecule has 2 heterocycles. The summed E-state index contributed by atoms with van der Waals surface area (Å²) in [6, 6.07) is 0. The van der Waals surface area contributed by atoms with Crippen LogP contribution in [0.25, 0.3) is 0 Å². The third-order valence-corrected chi connectivity index (χ3v) is 4.14. The molecule has 2 fully saturated rings. The summed E-state index contributed by atoms with van der Waals surface area (Å²) in [6.07, 6.45) is 2.75. The van der Waals surface area contributed by atoms with Crippen LogP contribution in [0.4, 0.5) is 0 Å². The first-order valence-corrected chi connectivity index (χ1v) is 7.65. The zero-order valence-corrected chi connectivity index (χ0v) is 13.7. The van der Waals surface area contributed by atoms with E-state index in [1.807, 2.05) is 11.9 Å². The van der Waals surface area contributed by atoms with E-state index in [0.29, 0.717) is 6.54 Å². The number of nitrogens with zero attached hydrogens (tertiary/aromatic N) is 2. The number of amides is 1. The maximum atomic E-state index is 10.9. The lowest BCUT2D eigenvalue weighted by atomic mass is 9.97. The fourth-order valence-corrected chi connectivity index (χ4v) is 3.16. The summed E-state index contributed by atoms with van der Waals surface area (Å²) in [6.45, 7) is 7.34. The Morgan fingerprint density at radius 2 is 2.14 bits per heavy atom. The van der Waals surface area contributed by atoms with Crippen molar-refractivity contribution in [1.82, 2.24) is 15.1 Å². The molecule has 0 aromatic carbocycles. The van der Waals surface area contributed by atoms with Crippen LogP contribution in [0.1, 0.15) is 12.8 Å². The van der Waals surface area contributed by atoms with Gasteiger partial charge in [0.25, 0.3) is 0 Å². The van der Waals surface area contributed by atoms with Gasteiger partial charge in [0.2, 0.25) is 5.91 Å². The molecule has 2 rings (SSSR count). The third kappa shape index (κ3) is 6.93. The lowest BCUT2D eigenvalue weighted by Crippen LogP contribution is -2.49. The second-order valence-electron chi connectivity index (χ2n) is 6.11. The summed E-state index contributed by atoms with van der Waals surface area (Å²) in [5.41, 5.74) is 5.21. The van der Waals surface area contributed by atoms with Gasteiger partial charge in [-0.15, -0.1) is 12.4 Å². The molecule has 3 N–H and O–H groups in total. The number of carbonyl (C=O) groups is 1. The van der Waals surface area contributed by atoms with E-state index in [0.717, 1.165) is 45.2 Å². The first kappa shape index (κ1) is 18.6. The Morgan fingerprint density at radius 1 is 1.43 bits per heavy atom. The molecule has 1 unspecified atom stereocenters. The van der Waals surface area contributed by atoms with Gasteiger partial charge in [-0.3, -0.25) is 14.6 Å². The number of morpholine rings is 1. The molecule has 0 bridgehead atoms. The van der Waals surface area contributed by atoms with E-state index < -0.39 is 0 Å². The molecule has 0 spiro atoms. The average molecular weight is 321 g/mol. The van der Waals surface area contributed by atoms with E-state index >= 15 is 0 Å². The number of hydrogen-bond donors (Lipinski definition) is 2. The second-order valence-corrected chi connectivity index (χ2v) is 6.11. The maximum absolute atomic E-state index is 10.9. The normalized spacial score (nSPS) is 24.8. The zero-order chi connectivity index (χ0) is 14.4. The van der Waals surface area contributed by atoms with Crippen molar-refractivity contribution in [2.75, 3.05) is 59.5 Å². The molecule has 0 radical (unpaired) electrons. The molecule has 21 heavy (non-hydrogen) atoms. The summed E-state index contributed by atoms with van der Waals surface area (Å²) in [7, 11) is 1.92. The van der Waals surface area contributed by atoms with Crippen molar-refractivity contribution < 1.29 is 9.53 Å². The molecule has 6 nitrogen and oxygen atoms in total. The Hall–Kier alpha value is -0.400. The van der Waals surface area contributed by atoms with Crippen molar-refractivity contribution in [3.63, 3.8) is 0 Å². The Bertz CT molecular complexity index is 313. The minimum atomic E-state index is -0.283. The molecule has 0 aliphatic carbocycles. The summed E-state index contributed by atoms with van der Waals surface area (Å²) in [5, 5.41) is 3.41. The van der Waals surface area contributed by atoms with Gasteiger partial charge in [0, 0.05) is 26.2 Å². The number of likely N-dealkylation sites (N-methyl/N-ethyl adjacent to an activating group) is 1. The predicted octanol–water partition coefficient (Wildman–Crippen LogP) is -0.474. The van der Waals surface area contributed by atoms with Gasteiger partial charge in [-0.25, -0.2) is 0 Å². The van der Waals surface area contributed by atoms with Gasteiger partial charge in [-0.05, 0) is 38.9 Å². The molecule has 124 valence electrons. The number of halogens is 1. The van der Waals surface area contributed by atoms with E-state index in [1.54, 1.807) is 0 Å². The molecular formula is C14H29ClN4O2. The van der Waals surface area contributed by atoms with Gasteiger partial charge in [-0.1, -0.05) is 0 Å². The Labute approximate surface area is 133 Å². The van der Waals surface area contributed by atoms with Crippen LogP contribution in [-0.2, 0) is 9.53 Å². The van der Waals surface area contributed by atoms with Crippen molar-refractivity contribution in [1.29, 1.82) is 0 Å². The van der Waals surface area contributed by atoms with Gasteiger partial charge in [0.05, 0.1) is 19.3 Å². The number of carbonyl (C=O) groups excluding carboxylic acids is 1. The average Bonchev–Trinajstić information content (AvgIpc) is 2.39. The lowest BCUT2D eigenvalue weighted by Gasteiger charge is -2.37. The molecule has 0 aromatic rings. The van der Waals surface area contributed by atoms with Crippen molar-refractivity contribution in [3.05, 3.63) is 0 Å². The van der Waals surface area contributed by atoms with E-state index in [9.17, 15) is 4.79 Å². The summed E-state index contributed by atoms with van der Waals surface area (Å²) < 4.78 is 5.80. The molecule has 0 aromatic heterocycles. The first-order valence-electron chi connectivity index (χ1n) is 7.65. The van der Waals surface area contributed by atoms with Crippen LogP contribution in [0.5, 0.6) is 0 Å². The molecule has 0 saturated carbocycles. The highest BCUT2D eigenvalue weighted by Crippen LogP contribution is 2.16. The van der Waals surface area contributed by atoms with Crippen molar-refractivity contribution in [3.8, 4) is 0 Å². The lowest BCUT2D eigenvalue weighted by molar-refractivity contribution is -0.119. The highest BCUT2D eigenvalue weighted by atomic mass is 35.5. The van der Waals surface area contributed by atoms with Gasteiger partial charge in [0.1, 0.15) is 0 Å². The van der Waals surface area contributed by atoms with Crippen molar-refractivity contribution in [2.45, 2.75) is 18.9 Å². The minimum Gasteiger partial charge on any atom is -0.374 e. The molecule has 1 amide bonds. The molecule has 2 aliphatic rings. The van der Waals surface area contributed by atoms with E-state index in [1.165, 1.54) is 19.4 Å². The third-order valence-electron chi connectivity index (χ3n) is 4.14. The fourth-order valence-electron chi connectivity index (χ4n) is 3.16. The topological polar surface area (TPSA) is 70.8 Å². The van der Waals surface area contributed by atoms with Gasteiger partial charge < -0.3 is 15.8 Å². The number of rotatable bonds is 6. The van der Waals surface area contributed by atoms with Crippen LogP contribution in [0.15, 0.2) is 0 Å². The van der Waals surface area contributed by atoms with E-state index in [2.05, 4.69) is 10.2 Å². The van der Waals surface area contributed by atoms with Gasteiger partial charge >= 0.3 is 0 Å². The summed E-state index contributed by atoms with van der Waals surface area (Å²) >= 11 is 0. The van der Waals surface area contributed by atoms with Crippen LogP contribution in [-0.4, -0.2) is 81.3 Å². The fraction of sp³-hybridized carbons (Fsp3) is 0.929. The van der Waals surface area contributed by atoms with E-state index in [4.69, 9.17) is 10.5 Å². The molecule has 2 aliphatic heterocycles. The van der Waals surface area contributed by atoms with Gasteiger partial charge in [0.15, 0.2) is 0 Å². The molecular weight excluding hydrogens is 292 g/mol. The predicted molar refractivity (Wildman–Crippen MR) is 85.7 cm³/mol. The van der Waals surface area contributed by atoms with Crippen LogP contribution < -0.4 is 11.1 Å². The largest absolute Gasteiger partial charge is 0.374 e. The molecule has 2 saturated heterocycles. The summed E-state index contributed by atoms with van der Waals surface area (Å²) in [4.78, 5) is 15.4. The van der Waals surface area contributed by atoms with Crippen molar-refractivity contribution in [2.24, 2.45) is 11.7 Å². The highest BCUT2D eigenvalue weighted by Gasteiger charge is 2.24. The van der Waals surface area contributed by atoms with Crippen LogP contribution in [0, 0.1) is 5.92 Å². The Balaban J connectivity index is 0.00000220. The van der Waals surface area contributed by atoms with Crippen LogP contribution in [0.2, 0.25) is 0 Å². The smallest absolute Gasteiger partial charge is 0.231 e. The number of piperidine rings is 1. The number of nitrogens with two attached hydrogens (primary N) is 1. The monoisotopic (exact) mass is 320 g/mol. The highest BCUT2D eigenvalue weighted by molar-refractivity contribution is 5.85. The minimum absolute atomic E-state index is 0. The zero-order valence-electron chi connectivity index (χ0n) is 12.9. The molecule has 7 heteroatoms. The van der Waals surface area contributed by atoms with E-state index in [-0.39, 0.29) is 24.4 Å². The summed E-state index contributed by atoms with van der Waals surface area (Å²) in [5.74, 6) is 0.535. The number of ether oxygens (including phenoxy) is 1. The number of hydrogen-bond acceptors (Lipinski definition) is 5. The Kier molecular flexibility index (Phi) is 8.51. The first-order chi connectivity index (χ1) is 9.63. The molecule has 1 atom stereocenters. The standard InChI is InChI=1S/C14H28N4O2.ClH/c1-17(11-14(15)19)9-13-10-18(6-7-20-13)8-12-2-4-16-5-3-12;/h12-13,16H,2-11H2,1H3,(H2,15,19);1H. The van der Waals surface area contributed by atoms with Crippen molar-refractivity contribution >= 4 is 18.3 Å². The number of nitrogens with one attached hydrogen (secondary N) is 1. The number of primary amides is 1. The SMILES string of the molecule is CN(CC(N)=O)CC1CN(CC2CCNCC2)CCO1.Cl. The Morgan fingerprint density at radius 3 is 2.81 bits per heavy atom. The van der Waals surface area contributed by atoms with Gasteiger partial charge in [-0.2, -0.15) is 0 Å². The van der Waals surface area contributed by atoms with Crippen LogP contribution in [0.3, 0.4) is 0 Å². The second kappa shape index (κ2) is 9.58.